The molecule has 1 N–H and O–H groups in total. The van der Waals surface area contributed by atoms with Crippen molar-refractivity contribution in [3.05, 3.63) is 59.7 Å². The molecule has 0 radical (unpaired) electrons. The van der Waals surface area contributed by atoms with Gasteiger partial charge in [-0.3, -0.25) is 9.69 Å². The smallest absolute Gasteiger partial charge is 0.337 e. The van der Waals surface area contributed by atoms with Crippen molar-refractivity contribution >= 4 is 27.6 Å². The number of rotatable bonds is 6. The van der Waals surface area contributed by atoms with Gasteiger partial charge in [0.2, 0.25) is 15.9 Å². The van der Waals surface area contributed by atoms with Crippen LogP contribution in [0, 0.1) is 6.92 Å². The number of sulfonamides is 1. The van der Waals surface area contributed by atoms with Crippen LogP contribution in [0.3, 0.4) is 0 Å². The fourth-order valence-electron chi connectivity index (χ4n) is 3.20. The minimum atomic E-state index is -3.52. The quantitative estimate of drug-likeness (QED) is 0.700. The number of nitrogens with one attached hydrogen (secondary N) is 1. The van der Waals surface area contributed by atoms with Gasteiger partial charge in [0.05, 0.1) is 24.1 Å². The molecule has 9 heteroatoms. The lowest BCUT2D eigenvalue weighted by Gasteiger charge is -2.33. The summed E-state index contributed by atoms with van der Waals surface area (Å²) in [4.78, 5) is 26.0. The van der Waals surface area contributed by atoms with Crippen molar-refractivity contribution in [2.45, 2.75) is 11.8 Å². The third kappa shape index (κ3) is 5.24. The molecule has 1 amide bonds. The van der Waals surface area contributed by atoms with Gasteiger partial charge < -0.3 is 10.1 Å². The number of amides is 1. The van der Waals surface area contributed by atoms with E-state index in [1.165, 1.54) is 11.4 Å². The number of nitrogens with zero attached hydrogens (tertiary/aromatic N) is 2. The van der Waals surface area contributed by atoms with Gasteiger partial charge in [-0.25, -0.2) is 13.2 Å². The summed E-state index contributed by atoms with van der Waals surface area (Å²) in [5, 5.41) is 2.78. The van der Waals surface area contributed by atoms with Crippen LogP contribution in [0.1, 0.15) is 15.9 Å². The Kier molecular flexibility index (Phi) is 6.86. The van der Waals surface area contributed by atoms with Crippen molar-refractivity contribution < 1.29 is 22.7 Å². The summed E-state index contributed by atoms with van der Waals surface area (Å²) in [5.41, 5.74) is 1.99. The van der Waals surface area contributed by atoms with Gasteiger partial charge in [-0.1, -0.05) is 17.7 Å². The van der Waals surface area contributed by atoms with Crippen molar-refractivity contribution in [2.75, 3.05) is 45.2 Å². The molecule has 0 unspecified atom stereocenters. The normalized spacial score (nSPS) is 15.5. The topological polar surface area (TPSA) is 96.0 Å². The number of benzene rings is 2. The average Bonchev–Trinajstić information content (AvgIpc) is 2.74. The average molecular weight is 432 g/mol. The summed E-state index contributed by atoms with van der Waals surface area (Å²) >= 11 is 0. The molecule has 1 fully saturated rings. The van der Waals surface area contributed by atoms with Crippen molar-refractivity contribution in [1.82, 2.24) is 9.21 Å². The van der Waals surface area contributed by atoms with E-state index in [4.69, 9.17) is 0 Å². The number of piperazine rings is 1. The van der Waals surface area contributed by atoms with E-state index < -0.39 is 16.0 Å². The first-order valence-electron chi connectivity index (χ1n) is 9.57. The van der Waals surface area contributed by atoms with E-state index >= 15 is 0 Å². The highest BCUT2D eigenvalue weighted by molar-refractivity contribution is 7.89. The molecule has 2 aromatic rings. The summed E-state index contributed by atoms with van der Waals surface area (Å²) in [7, 11) is -2.21. The second-order valence-electron chi connectivity index (χ2n) is 7.11. The summed E-state index contributed by atoms with van der Waals surface area (Å²) in [6, 6.07) is 13.2. The Hall–Kier alpha value is -2.75. The maximum atomic E-state index is 12.8. The van der Waals surface area contributed by atoms with Crippen LogP contribution in [0.4, 0.5) is 5.69 Å². The fraction of sp³-hybridized carbons (Fsp3) is 0.333. The lowest BCUT2D eigenvalue weighted by molar-refractivity contribution is -0.117. The molecular weight excluding hydrogens is 406 g/mol. The van der Waals surface area contributed by atoms with Crippen LogP contribution >= 0.6 is 0 Å². The van der Waals surface area contributed by atoms with Crippen LogP contribution in [0.25, 0.3) is 0 Å². The minimum Gasteiger partial charge on any atom is -0.465 e. The van der Waals surface area contributed by atoms with Crippen LogP contribution in [-0.2, 0) is 19.6 Å². The van der Waals surface area contributed by atoms with E-state index in [0.717, 1.165) is 5.56 Å². The zero-order valence-electron chi connectivity index (χ0n) is 17.0. The molecule has 0 aromatic heterocycles. The SMILES string of the molecule is COC(=O)c1ccc(NC(=O)CN2CCN(S(=O)(=O)c3ccc(C)cc3)CC2)cc1. The van der Waals surface area contributed by atoms with Gasteiger partial charge in [-0.2, -0.15) is 4.31 Å². The van der Waals surface area contributed by atoms with Crippen molar-refractivity contribution in [3.63, 3.8) is 0 Å². The Morgan fingerprint density at radius 3 is 2.13 bits per heavy atom. The van der Waals surface area contributed by atoms with Crippen LogP contribution in [0.2, 0.25) is 0 Å². The Labute approximate surface area is 176 Å². The second-order valence-corrected chi connectivity index (χ2v) is 9.05. The summed E-state index contributed by atoms with van der Waals surface area (Å²) in [5.74, 6) is -0.637. The molecule has 0 spiro atoms. The van der Waals surface area contributed by atoms with E-state index in [1.54, 1.807) is 48.5 Å². The van der Waals surface area contributed by atoms with Gasteiger partial charge in [0.1, 0.15) is 0 Å². The van der Waals surface area contributed by atoms with E-state index in [0.29, 0.717) is 37.4 Å². The molecule has 8 nitrogen and oxygen atoms in total. The zero-order valence-corrected chi connectivity index (χ0v) is 17.8. The first-order valence-corrected chi connectivity index (χ1v) is 11.0. The molecule has 0 saturated carbocycles. The van der Waals surface area contributed by atoms with E-state index in [9.17, 15) is 18.0 Å². The number of hydrogen-bond donors (Lipinski definition) is 1. The van der Waals surface area contributed by atoms with Crippen molar-refractivity contribution in [1.29, 1.82) is 0 Å². The summed E-state index contributed by atoms with van der Waals surface area (Å²) in [6.07, 6.45) is 0. The third-order valence-corrected chi connectivity index (χ3v) is 6.86. The molecule has 30 heavy (non-hydrogen) atoms. The molecule has 160 valence electrons. The highest BCUT2D eigenvalue weighted by Gasteiger charge is 2.29. The lowest BCUT2D eigenvalue weighted by Crippen LogP contribution is -2.50. The number of hydrogen-bond acceptors (Lipinski definition) is 6. The van der Waals surface area contributed by atoms with Crippen LogP contribution in [-0.4, -0.2) is 69.3 Å². The monoisotopic (exact) mass is 431 g/mol. The van der Waals surface area contributed by atoms with Crippen LogP contribution < -0.4 is 5.32 Å². The number of carbonyl (C=O) groups is 2. The van der Waals surface area contributed by atoms with Gasteiger partial charge in [0.25, 0.3) is 0 Å². The Morgan fingerprint density at radius 1 is 0.967 bits per heavy atom. The first kappa shape index (κ1) is 21.9. The third-order valence-electron chi connectivity index (χ3n) is 4.95. The Bertz CT molecular complexity index is 996. The Morgan fingerprint density at radius 2 is 1.57 bits per heavy atom. The number of ether oxygens (including phenoxy) is 1. The van der Waals surface area contributed by atoms with Crippen molar-refractivity contribution in [2.24, 2.45) is 0 Å². The highest BCUT2D eigenvalue weighted by atomic mass is 32.2. The maximum Gasteiger partial charge on any atom is 0.337 e. The Balaban J connectivity index is 1.51. The molecule has 1 aliphatic heterocycles. The zero-order chi connectivity index (χ0) is 21.7. The number of methoxy groups -OCH3 is 1. The van der Waals surface area contributed by atoms with Gasteiger partial charge in [0.15, 0.2) is 0 Å². The largest absolute Gasteiger partial charge is 0.465 e. The van der Waals surface area contributed by atoms with Crippen LogP contribution in [0.15, 0.2) is 53.4 Å². The standard InChI is InChI=1S/C21H25N3O5S/c1-16-3-9-19(10-4-16)30(27,28)24-13-11-23(12-14-24)15-20(25)22-18-7-5-17(6-8-18)21(26)29-2/h3-10H,11-15H2,1-2H3,(H,22,25). The molecular formula is C21H25N3O5S. The highest BCUT2D eigenvalue weighted by Crippen LogP contribution is 2.18. The van der Waals surface area contributed by atoms with E-state index in [1.807, 2.05) is 11.8 Å². The molecule has 1 saturated heterocycles. The van der Waals surface area contributed by atoms with Crippen molar-refractivity contribution in [3.8, 4) is 0 Å². The molecule has 2 aromatic carbocycles. The summed E-state index contributed by atoms with van der Waals surface area (Å²) < 4.78 is 31.6. The predicted octanol–water partition coefficient (Wildman–Crippen LogP) is 1.73. The minimum absolute atomic E-state index is 0.164. The maximum absolute atomic E-state index is 12.8. The van der Waals surface area contributed by atoms with Gasteiger partial charge >= 0.3 is 5.97 Å². The molecule has 3 rings (SSSR count). The number of anilines is 1. The van der Waals surface area contributed by atoms with E-state index in [2.05, 4.69) is 10.1 Å². The number of esters is 1. The predicted molar refractivity (Wildman–Crippen MR) is 113 cm³/mol. The molecule has 1 aliphatic rings. The molecule has 1 heterocycles. The second kappa shape index (κ2) is 9.38. The fourth-order valence-corrected chi connectivity index (χ4v) is 4.62. The molecule has 0 bridgehead atoms. The van der Waals surface area contributed by atoms with Crippen LogP contribution in [0.5, 0.6) is 0 Å². The van der Waals surface area contributed by atoms with Gasteiger partial charge in [-0.15, -0.1) is 0 Å². The van der Waals surface area contributed by atoms with Gasteiger partial charge in [-0.05, 0) is 43.3 Å². The molecule has 0 aliphatic carbocycles. The molecule has 0 atom stereocenters. The number of carbonyl (C=O) groups excluding carboxylic acids is 2. The van der Waals surface area contributed by atoms with E-state index in [-0.39, 0.29) is 17.3 Å². The lowest BCUT2D eigenvalue weighted by atomic mass is 10.2. The first-order chi connectivity index (χ1) is 14.3. The number of aryl methyl sites for hydroxylation is 1. The summed E-state index contributed by atoms with van der Waals surface area (Å²) in [6.45, 7) is 3.68. The van der Waals surface area contributed by atoms with Gasteiger partial charge in [0, 0.05) is 31.9 Å².